The number of carbonyl (C=O) groups excluding carboxylic acids is 3. The van der Waals surface area contributed by atoms with Crippen molar-refractivity contribution in [3.05, 3.63) is 0 Å². The van der Waals surface area contributed by atoms with Crippen LogP contribution in [-0.2, 0) is 14.4 Å². The number of carbonyl (C=O) groups is 3. The molecule has 7 nitrogen and oxygen atoms in total. The van der Waals surface area contributed by atoms with E-state index in [1.54, 1.807) is 4.90 Å². The molecule has 0 aliphatic carbocycles. The summed E-state index contributed by atoms with van der Waals surface area (Å²) in [5.41, 5.74) is 2.60. The van der Waals surface area contributed by atoms with Crippen LogP contribution in [-0.4, -0.2) is 47.0 Å². The van der Waals surface area contributed by atoms with E-state index in [9.17, 15) is 14.4 Å². The molecule has 1 unspecified atom stereocenters. The third-order valence-corrected chi connectivity index (χ3v) is 3.28. The molecule has 2 heterocycles. The first-order valence-electron chi connectivity index (χ1n) is 6.43. The van der Waals surface area contributed by atoms with E-state index >= 15 is 0 Å². The number of nitrogens with zero attached hydrogens (tertiary/aromatic N) is 2. The standard InChI is InChI=1S/C12H18N4O3/c1-7(2)16-6-8(5-11(16)18)13-12(19)9-3-4-10(17)15-14-9/h7-8H,3-6H2,1-2H3,(H,13,19)(H,15,17). The molecule has 2 N–H and O–H groups in total. The van der Waals surface area contributed by atoms with Crippen LogP contribution in [0.2, 0.25) is 0 Å². The number of amides is 3. The molecule has 104 valence electrons. The maximum Gasteiger partial charge on any atom is 0.267 e. The van der Waals surface area contributed by atoms with E-state index in [2.05, 4.69) is 15.8 Å². The molecule has 7 heteroatoms. The molecule has 1 atom stereocenters. The van der Waals surface area contributed by atoms with Gasteiger partial charge in [0, 0.05) is 31.8 Å². The minimum Gasteiger partial charge on any atom is -0.346 e. The van der Waals surface area contributed by atoms with Gasteiger partial charge in [-0.15, -0.1) is 0 Å². The van der Waals surface area contributed by atoms with E-state index in [-0.39, 0.29) is 36.2 Å². The summed E-state index contributed by atoms with van der Waals surface area (Å²) < 4.78 is 0. The first kappa shape index (κ1) is 13.5. The van der Waals surface area contributed by atoms with Crippen LogP contribution in [0.1, 0.15) is 33.1 Å². The third-order valence-electron chi connectivity index (χ3n) is 3.28. The van der Waals surface area contributed by atoms with Gasteiger partial charge in [0.05, 0.1) is 6.04 Å². The molecule has 0 spiro atoms. The Morgan fingerprint density at radius 2 is 2.16 bits per heavy atom. The molecule has 0 bridgehead atoms. The van der Waals surface area contributed by atoms with E-state index < -0.39 is 0 Å². The van der Waals surface area contributed by atoms with Gasteiger partial charge in [0.1, 0.15) is 5.71 Å². The van der Waals surface area contributed by atoms with Crippen LogP contribution in [0, 0.1) is 0 Å². The molecule has 3 amide bonds. The van der Waals surface area contributed by atoms with E-state index in [4.69, 9.17) is 0 Å². The highest BCUT2D eigenvalue weighted by atomic mass is 16.2. The highest BCUT2D eigenvalue weighted by Gasteiger charge is 2.32. The number of nitrogens with one attached hydrogen (secondary N) is 2. The molecular weight excluding hydrogens is 248 g/mol. The smallest absolute Gasteiger partial charge is 0.267 e. The van der Waals surface area contributed by atoms with Crippen molar-refractivity contribution in [2.24, 2.45) is 5.10 Å². The average molecular weight is 266 g/mol. The van der Waals surface area contributed by atoms with Crippen LogP contribution in [0.5, 0.6) is 0 Å². The molecule has 0 aromatic rings. The number of likely N-dealkylation sites (tertiary alicyclic amines) is 1. The van der Waals surface area contributed by atoms with E-state index in [1.807, 2.05) is 13.8 Å². The zero-order chi connectivity index (χ0) is 14.0. The van der Waals surface area contributed by atoms with E-state index in [1.165, 1.54) is 0 Å². The van der Waals surface area contributed by atoms with Crippen molar-refractivity contribution in [1.29, 1.82) is 0 Å². The first-order valence-corrected chi connectivity index (χ1v) is 6.43. The number of hydrogen-bond donors (Lipinski definition) is 2. The van der Waals surface area contributed by atoms with Crippen LogP contribution in [0.25, 0.3) is 0 Å². The van der Waals surface area contributed by atoms with Gasteiger partial charge in [-0.1, -0.05) is 0 Å². The van der Waals surface area contributed by atoms with Gasteiger partial charge in [-0.3, -0.25) is 14.4 Å². The Hall–Kier alpha value is -1.92. The largest absolute Gasteiger partial charge is 0.346 e. The van der Waals surface area contributed by atoms with Crippen molar-refractivity contribution in [2.75, 3.05) is 6.54 Å². The fourth-order valence-corrected chi connectivity index (χ4v) is 2.23. The van der Waals surface area contributed by atoms with Crippen LogP contribution < -0.4 is 10.7 Å². The number of hydrogen-bond acceptors (Lipinski definition) is 4. The summed E-state index contributed by atoms with van der Waals surface area (Å²) >= 11 is 0. The highest BCUT2D eigenvalue weighted by molar-refractivity contribution is 6.39. The summed E-state index contributed by atoms with van der Waals surface area (Å²) in [5.74, 6) is -0.429. The summed E-state index contributed by atoms with van der Waals surface area (Å²) in [7, 11) is 0. The Morgan fingerprint density at radius 3 is 2.68 bits per heavy atom. The van der Waals surface area contributed by atoms with Gasteiger partial charge in [0.15, 0.2) is 0 Å². The first-order chi connectivity index (χ1) is 8.97. The van der Waals surface area contributed by atoms with Crippen LogP contribution >= 0.6 is 0 Å². The normalized spacial score (nSPS) is 23.4. The summed E-state index contributed by atoms with van der Waals surface area (Å²) in [5, 5.41) is 6.53. The fraction of sp³-hybridized carbons (Fsp3) is 0.667. The van der Waals surface area contributed by atoms with Gasteiger partial charge in [0.25, 0.3) is 5.91 Å². The van der Waals surface area contributed by atoms with Gasteiger partial charge < -0.3 is 10.2 Å². The molecule has 2 aliphatic heterocycles. The molecule has 0 aromatic carbocycles. The lowest BCUT2D eigenvalue weighted by molar-refractivity contribution is -0.129. The lowest BCUT2D eigenvalue weighted by Crippen LogP contribution is -2.43. The lowest BCUT2D eigenvalue weighted by atomic mass is 10.1. The Bertz CT molecular complexity index is 444. The van der Waals surface area contributed by atoms with Crippen LogP contribution in [0.3, 0.4) is 0 Å². The van der Waals surface area contributed by atoms with Crippen molar-refractivity contribution < 1.29 is 14.4 Å². The van der Waals surface area contributed by atoms with Crippen LogP contribution in [0.15, 0.2) is 5.10 Å². The molecule has 1 saturated heterocycles. The predicted molar refractivity (Wildman–Crippen MR) is 68.2 cm³/mol. The molecular formula is C12H18N4O3. The van der Waals surface area contributed by atoms with Gasteiger partial charge in [-0.25, -0.2) is 5.43 Å². The predicted octanol–water partition coefficient (Wildman–Crippen LogP) is -0.622. The summed E-state index contributed by atoms with van der Waals surface area (Å²) in [6, 6.07) is -0.0385. The molecule has 1 fully saturated rings. The third kappa shape index (κ3) is 3.10. The molecule has 0 radical (unpaired) electrons. The monoisotopic (exact) mass is 266 g/mol. The SMILES string of the molecule is CC(C)N1CC(NC(=O)C2=NNC(=O)CC2)CC1=O. The second kappa shape index (κ2) is 5.38. The maximum absolute atomic E-state index is 11.9. The molecule has 2 rings (SSSR count). The van der Waals surface area contributed by atoms with Gasteiger partial charge in [-0.05, 0) is 13.8 Å². The van der Waals surface area contributed by atoms with Gasteiger partial charge >= 0.3 is 0 Å². The quantitative estimate of drug-likeness (QED) is 0.713. The fourth-order valence-electron chi connectivity index (χ4n) is 2.23. The zero-order valence-electron chi connectivity index (χ0n) is 11.1. The second-order valence-electron chi connectivity index (χ2n) is 5.11. The van der Waals surface area contributed by atoms with Crippen molar-refractivity contribution in [3.63, 3.8) is 0 Å². The number of hydrazone groups is 1. The minimum atomic E-state index is -0.302. The van der Waals surface area contributed by atoms with Crippen molar-refractivity contribution in [3.8, 4) is 0 Å². The van der Waals surface area contributed by atoms with Gasteiger partial charge in [0.2, 0.25) is 11.8 Å². The highest BCUT2D eigenvalue weighted by Crippen LogP contribution is 2.14. The topological polar surface area (TPSA) is 90.9 Å². The Labute approximate surface area is 111 Å². The maximum atomic E-state index is 11.9. The van der Waals surface area contributed by atoms with E-state index in [0.29, 0.717) is 25.1 Å². The van der Waals surface area contributed by atoms with Crippen molar-refractivity contribution >= 4 is 23.4 Å². The van der Waals surface area contributed by atoms with Crippen molar-refractivity contribution in [2.45, 2.75) is 45.2 Å². The summed E-state index contributed by atoms with van der Waals surface area (Å²) in [4.78, 5) is 36.3. The molecule has 0 saturated carbocycles. The van der Waals surface area contributed by atoms with Gasteiger partial charge in [-0.2, -0.15) is 5.10 Å². The summed E-state index contributed by atoms with van der Waals surface area (Å²) in [6.45, 7) is 4.42. The minimum absolute atomic E-state index is 0.0548. The molecule has 2 aliphatic rings. The van der Waals surface area contributed by atoms with E-state index in [0.717, 1.165) is 0 Å². The van der Waals surface area contributed by atoms with Crippen molar-refractivity contribution in [1.82, 2.24) is 15.6 Å². The average Bonchev–Trinajstić information content (AvgIpc) is 2.71. The number of rotatable bonds is 3. The lowest BCUT2D eigenvalue weighted by Gasteiger charge is -2.21. The Balaban J connectivity index is 1.90. The molecule has 0 aromatic heterocycles. The second-order valence-corrected chi connectivity index (χ2v) is 5.11. The summed E-state index contributed by atoms with van der Waals surface area (Å²) in [6.07, 6.45) is 0.934. The van der Waals surface area contributed by atoms with Crippen LogP contribution in [0.4, 0.5) is 0 Å². The zero-order valence-corrected chi connectivity index (χ0v) is 11.1. The molecule has 19 heavy (non-hydrogen) atoms. The Morgan fingerprint density at radius 1 is 1.42 bits per heavy atom. The Kier molecular flexibility index (Phi) is 3.82.